The van der Waals surface area contributed by atoms with Crippen molar-refractivity contribution in [2.45, 2.75) is 38.1 Å². The second kappa shape index (κ2) is 5.57. The maximum absolute atomic E-state index is 12.2. The Morgan fingerprint density at radius 3 is 3.00 bits per heavy atom. The van der Waals surface area contributed by atoms with Crippen LogP contribution in [0.1, 0.15) is 43.0 Å². The SMILES string of the molecule is CC1CCCC(CO)(NC(=O)c2cncc(O)c2)C1. The fourth-order valence-corrected chi connectivity index (χ4v) is 2.82. The van der Waals surface area contributed by atoms with Gasteiger partial charge in [0.1, 0.15) is 5.75 Å². The van der Waals surface area contributed by atoms with Gasteiger partial charge < -0.3 is 15.5 Å². The maximum Gasteiger partial charge on any atom is 0.253 e. The molecule has 0 bridgehead atoms. The Balaban J connectivity index is 2.12. The molecule has 2 unspecified atom stereocenters. The number of aromatic nitrogens is 1. The van der Waals surface area contributed by atoms with Crippen LogP contribution in [0.15, 0.2) is 18.5 Å². The smallest absolute Gasteiger partial charge is 0.253 e. The molecule has 1 aliphatic carbocycles. The lowest BCUT2D eigenvalue weighted by molar-refractivity contribution is 0.0696. The first-order valence-corrected chi connectivity index (χ1v) is 6.62. The summed E-state index contributed by atoms with van der Waals surface area (Å²) in [6.07, 6.45) is 6.38. The molecule has 0 aromatic carbocycles. The number of aromatic hydroxyl groups is 1. The van der Waals surface area contributed by atoms with Crippen molar-refractivity contribution in [3.63, 3.8) is 0 Å². The summed E-state index contributed by atoms with van der Waals surface area (Å²) in [6.45, 7) is 2.07. The normalized spacial score (nSPS) is 26.9. The fraction of sp³-hybridized carbons (Fsp3) is 0.571. The van der Waals surface area contributed by atoms with Gasteiger partial charge in [-0.05, 0) is 24.8 Å². The minimum atomic E-state index is -0.541. The van der Waals surface area contributed by atoms with E-state index in [1.165, 1.54) is 18.5 Å². The van der Waals surface area contributed by atoms with Crippen LogP contribution < -0.4 is 5.32 Å². The molecule has 0 aliphatic heterocycles. The van der Waals surface area contributed by atoms with Gasteiger partial charge in [0.15, 0.2) is 0 Å². The first kappa shape index (κ1) is 13.8. The third-order valence-electron chi connectivity index (χ3n) is 3.76. The summed E-state index contributed by atoms with van der Waals surface area (Å²) >= 11 is 0. The predicted molar refractivity (Wildman–Crippen MR) is 70.8 cm³/mol. The molecule has 2 rings (SSSR count). The summed E-state index contributed by atoms with van der Waals surface area (Å²) < 4.78 is 0. The molecule has 1 fully saturated rings. The van der Waals surface area contributed by atoms with Gasteiger partial charge in [-0.2, -0.15) is 0 Å². The topological polar surface area (TPSA) is 82.5 Å². The molecule has 1 saturated carbocycles. The maximum atomic E-state index is 12.2. The molecule has 104 valence electrons. The number of amides is 1. The first-order chi connectivity index (χ1) is 9.04. The summed E-state index contributed by atoms with van der Waals surface area (Å²) in [7, 11) is 0. The van der Waals surface area contributed by atoms with Gasteiger partial charge in [-0.3, -0.25) is 9.78 Å². The number of carbonyl (C=O) groups excluding carboxylic acids is 1. The minimum absolute atomic E-state index is 0.0392. The molecule has 19 heavy (non-hydrogen) atoms. The van der Waals surface area contributed by atoms with Gasteiger partial charge in [0.05, 0.1) is 23.9 Å². The van der Waals surface area contributed by atoms with E-state index in [-0.39, 0.29) is 18.3 Å². The molecule has 1 amide bonds. The van der Waals surface area contributed by atoms with Crippen LogP contribution in [-0.4, -0.2) is 33.3 Å². The molecule has 1 aromatic rings. The molecule has 0 saturated heterocycles. The molecule has 5 heteroatoms. The third kappa shape index (κ3) is 3.23. The van der Waals surface area contributed by atoms with Crippen LogP contribution in [0, 0.1) is 5.92 Å². The zero-order valence-electron chi connectivity index (χ0n) is 11.1. The highest BCUT2D eigenvalue weighted by molar-refractivity contribution is 5.94. The third-order valence-corrected chi connectivity index (χ3v) is 3.76. The summed E-state index contributed by atoms with van der Waals surface area (Å²) in [6, 6.07) is 1.37. The number of nitrogens with zero attached hydrogens (tertiary/aromatic N) is 1. The number of hydrogen-bond acceptors (Lipinski definition) is 4. The van der Waals surface area contributed by atoms with Crippen LogP contribution in [0.5, 0.6) is 5.75 Å². The van der Waals surface area contributed by atoms with Crippen molar-refractivity contribution < 1.29 is 15.0 Å². The Morgan fingerprint density at radius 2 is 2.37 bits per heavy atom. The highest BCUT2D eigenvalue weighted by Gasteiger charge is 2.36. The summed E-state index contributed by atoms with van der Waals surface area (Å²) in [5.74, 6) is 0.151. The first-order valence-electron chi connectivity index (χ1n) is 6.62. The summed E-state index contributed by atoms with van der Waals surface area (Å²) in [5.41, 5.74) is -0.230. The number of aliphatic hydroxyl groups is 1. The van der Waals surface area contributed by atoms with Crippen LogP contribution in [-0.2, 0) is 0 Å². The lowest BCUT2D eigenvalue weighted by atomic mass is 9.76. The summed E-state index contributed by atoms with van der Waals surface area (Å²) in [4.78, 5) is 16.0. The van der Waals surface area contributed by atoms with Crippen LogP contribution in [0.2, 0.25) is 0 Å². The van der Waals surface area contributed by atoms with Crippen molar-refractivity contribution in [3.05, 3.63) is 24.0 Å². The van der Waals surface area contributed by atoms with E-state index in [0.717, 1.165) is 25.7 Å². The van der Waals surface area contributed by atoms with Crippen LogP contribution in [0.3, 0.4) is 0 Å². The van der Waals surface area contributed by atoms with Crippen molar-refractivity contribution in [1.82, 2.24) is 10.3 Å². The second-order valence-electron chi connectivity index (χ2n) is 5.53. The molecule has 1 heterocycles. The largest absolute Gasteiger partial charge is 0.506 e. The van der Waals surface area contributed by atoms with E-state index >= 15 is 0 Å². The van der Waals surface area contributed by atoms with E-state index in [1.54, 1.807) is 0 Å². The van der Waals surface area contributed by atoms with Crippen molar-refractivity contribution >= 4 is 5.91 Å². The standard InChI is InChI=1S/C14H20N2O3/c1-10-3-2-4-14(6-10,9-17)16-13(19)11-5-12(18)8-15-7-11/h5,7-8,10,17-18H,2-4,6,9H2,1H3,(H,16,19). The average molecular weight is 264 g/mol. The van der Waals surface area contributed by atoms with Crippen LogP contribution in [0.25, 0.3) is 0 Å². The van der Waals surface area contributed by atoms with Gasteiger partial charge >= 0.3 is 0 Å². The Bertz CT molecular complexity index is 464. The average Bonchev–Trinajstić information content (AvgIpc) is 2.38. The fourth-order valence-electron chi connectivity index (χ4n) is 2.82. The molecule has 0 radical (unpaired) electrons. The van der Waals surface area contributed by atoms with Gasteiger partial charge in [-0.15, -0.1) is 0 Å². The van der Waals surface area contributed by atoms with E-state index < -0.39 is 5.54 Å². The molecule has 2 atom stereocenters. The lowest BCUT2D eigenvalue weighted by Gasteiger charge is -2.39. The van der Waals surface area contributed by atoms with Gasteiger partial charge in [0.25, 0.3) is 5.91 Å². The monoisotopic (exact) mass is 264 g/mol. The van der Waals surface area contributed by atoms with E-state index in [4.69, 9.17) is 0 Å². The van der Waals surface area contributed by atoms with Gasteiger partial charge in [-0.25, -0.2) is 0 Å². The van der Waals surface area contributed by atoms with E-state index in [2.05, 4.69) is 17.2 Å². The van der Waals surface area contributed by atoms with E-state index in [0.29, 0.717) is 11.5 Å². The summed E-state index contributed by atoms with van der Waals surface area (Å²) in [5, 5.41) is 21.9. The Morgan fingerprint density at radius 1 is 1.58 bits per heavy atom. The number of nitrogens with one attached hydrogen (secondary N) is 1. The Kier molecular flexibility index (Phi) is 4.04. The number of rotatable bonds is 3. The van der Waals surface area contributed by atoms with E-state index in [9.17, 15) is 15.0 Å². The molecule has 1 aliphatic rings. The van der Waals surface area contributed by atoms with Gasteiger partial charge in [-0.1, -0.05) is 19.8 Å². The molecular formula is C14H20N2O3. The van der Waals surface area contributed by atoms with E-state index in [1.807, 2.05) is 0 Å². The molecule has 1 aromatic heterocycles. The van der Waals surface area contributed by atoms with Crippen molar-refractivity contribution in [3.8, 4) is 5.75 Å². The predicted octanol–water partition coefficient (Wildman–Crippen LogP) is 1.46. The Hall–Kier alpha value is -1.62. The van der Waals surface area contributed by atoms with Crippen molar-refractivity contribution in [1.29, 1.82) is 0 Å². The van der Waals surface area contributed by atoms with Crippen molar-refractivity contribution in [2.24, 2.45) is 5.92 Å². The number of aliphatic hydroxyl groups excluding tert-OH is 1. The number of pyridine rings is 1. The van der Waals surface area contributed by atoms with Crippen molar-refractivity contribution in [2.75, 3.05) is 6.61 Å². The molecule has 3 N–H and O–H groups in total. The van der Waals surface area contributed by atoms with Crippen LogP contribution >= 0.6 is 0 Å². The van der Waals surface area contributed by atoms with Gasteiger partial charge in [0.2, 0.25) is 0 Å². The number of carbonyl (C=O) groups is 1. The minimum Gasteiger partial charge on any atom is -0.506 e. The van der Waals surface area contributed by atoms with Crippen LogP contribution in [0.4, 0.5) is 0 Å². The molecule has 0 spiro atoms. The zero-order chi connectivity index (χ0) is 13.9. The number of hydrogen-bond donors (Lipinski definition) is 3. The highest BCUT2D eigenvalue weighted by Crippen LogP contribution is 2.32. The molecular weight excluding hydrogens is 244 g/mol. The Labute approximate surface area is 112 Å². The van der Waals surface area contributed by atoms with Gasteiger partial charge in [0, 0.05) is 6.20 Å². The zero-order valence-corrected chi connectivity index (χ0v) is 11.1. The lowest BCUT2D eigenvalue weighted by Crippen LogP contribution is -2.53. The molecule has 5 nitrogen and oxygen atoms in total. The quantitative estimate of drug-likeness (QED) is 0.772. The second-order valence-corrected chi connectivity index (χ2v) is 5.53. The highest BCUT2D eigenvalue weighted by atomic mass is 16.3.